The van der Waals surface area contributed by atoms with Crippen molar-refractivity contribution in [1.82, 2.24) is 24.9 Å². The summed E-state index contributed by atoms with van der Waals surface area (Å²) >= 11 is 0. The zero-order valence-corrected chi connectivity index (χ0v) is 26.5. The molecule has 0 aliphatic carbocycles. The summed E-state index contributed by atoms with van der Waals surface area (Å²) in [5.41, 5.74) is 12.2. The number of hydrogen-bond donors (Lipinski definition) is 0. The van der Waals surface area contributed by atoms with Gasteiger partial charge in [-0.15, -0.1) is 0 Å². The molecule has 5 nitrogen and oxygen atoms in total. The molecule has 0 unspecified atom stereocenters. The lowest BCUT2D eigenvalue weighted by atomic mass is 9.93. The summed E-state index contributed by atoms with van der Waals surface area (Å²) in [5, 5.41) is 0.484. The first-order chi connectivity index (χ1) is 22.1. The molecule has 2 aromatic carbocycles. The molecule has 0 aliphatic rings. The first-order valence-electron chi connectivity index (χ1n) is 14.7. The molecule has 220 valence electrons. The first-order valence-corrected chi connectivity index (χ1v) is 16.3. The van der Waals surface area contributed by atoms with E-state index in [0.29, 0.717) is 5.16 Å². The van der Waals surface area contributed by atoms with Crippen LogP contribution < -0.4 is 0 Å². The molecule has 4 aromatic heterocycles. The van der Waals surface area contributed by atoms with Crippen LogP contribution in [0.2, 0.25) is 0 Å². The fraction of sp³-hybridized carbons (Fsp3) is 0.0789. The Kier molecular flexibility index (Phi) is 9.54. The van der Waals surface area contributed by atoms with Gasteiger partial charge < -0.3 is 0 Å². The van der Waals surface area contributed by atoms with Gasteiger partial charge in [0.25, 0.3) is 0 Å². The van der Waals surface area contributed by atoms with E-state index >= 15 is 0 Å². The third-order valence-electron chi connectivity index (χ3n) is 7.38. The van der Waals surface area contributed by atoms with E-state index in [4.69, 9.17) is 20.7 Å². The highest BCUT2D eigenvalue weighted by atomic mass is 35.7. The average molecular weight is 624 g/mol. The Morgan fingerprint density at radius 3 is 1.47 bits per heavy atom. The van der Waals surface area contributed by atoms with Gasteiger partial charge in [-0.05, 0) is 147 Å². The predicted octanol–water partition coefficient (Wildman–Crippen LogP) is 10.6. The van der Waals surface area contributed by atoms with Crippen molar-refractivity contribution in [2.24, 2.45) is 0 Å². The summed E-state index contributed by atoms with van der Waals surface area (Å²) in [6.45, 7) is 4.19. The van der Waals surface area contributed by atoms with Crippen LogP contribution in [-0.2, 0) is 0 Å². The highest BCUT2D eigenvalue weighted by Crippen LogP contribution is 2.36. The predicted molar refractivity (Wildman–Crippen MR) is 187 cm³/mol. The van der Waals surface area contributed by atoms with Gasteiger partial charge >= 0.3 is 0 Å². The third kappa shape index (κ3) is 7.09. The number of pyridine rings is 3. The Labute approximate surface area is 272 Å². The molecule has 6 aromatic rings. The maximum Gasteiger partial charge on any atom is 0.204 e. The number of aromatic nitrogens is 5. The van der Waals surface area contributed by atoms with Crippen molar-refractivity contribution in [3.63, 3.8) is 0 Å². The SMILES string of the molecule is C/C=C\C(=C/CC)c1cc(-c2ccncc2)cc(-c2cc(-c3cc(-c4ccncc4)cc(-c4ccncc4)c3)nc(SCl)n2)c1. The summed E-state index contributed by atoms with van der Waals surface area (Å²) in [4.78, 5) is 22.4. The minimum absolute atomic E-state index is 0.484. The molecule has 0 saturated carbocycles. The Morgan fingerprint density at radius 1 is 0.600 bits per heavy atom. The van der Waals surface area contributed by atoms with Crippen LogP contribution in [0.1, 0.15) is 25.8 Å². The highest BCUT2D eigenvalue weighted by Gasteiger charge is 2.15. The number of allylic oxidation sites excluding steroid dienone is 4. The molecule has 0 bridgehead atoms. The minimum atomic E-state index is 0.484. The molecule has 0 fully saturated rings. The summed E-state index contributed by atoms with van der Waals surface area (Å²) in [7, 11) is 7.36. The summed E-state index contributed by atoms with van der Waals surface area (Å²) in [5.74, 6) is 0. The second kappa shape index (κ2) is 14.2. The number of hydrogen-bond acceptors (Lipinski definition) is 6. The smallest absolute Gasteiger partial charge is 0.204 e. The molecule has 6 rings (SSSR count). The van der Waals surface area contributed by atoms with E-state index in [1.165, 1.54) is 0 Å². The lowest BCUT2D eigenvalue weighted by molar-refractivity contribution is 0.985. The molecule has 7 heteroatoms. The Hall–Kier alpha value is -4.91. The van der Waals surface area contributed by atoms with Crippen molar-refractivity contribution in [3.05, 3.63) is 140 Å². The van der Waals surface area contributed by atoms with Crippen LogP contribution in [0.25, 0.3) is 61.5 Å². The third-order valence-corrected chi connectivity index (χ3v) is 8.11. The van der Waals surface area contributed by atoms with Gasteiger partial charge in [-0.1, -0.05) is 25.2 Å². The van der Waals surface area contributed by atoms with Gasteiger partial charge in [0, 0.05) is 59.3 Å². The second-order valence-electron chi connectivity index (χ2n) is 10.4. The van der Waals surface area contributed by atoms with E-state index in [0.717, 1.165) is 84.4 Å². The topological polar surface area (TPSA) is 64.5 Å². The minimum Gasteiger partial charge on any atom is -0.265 e. The van der Waals surface area contributed by atoms with E-state index in [1.54, 1.807) is 0 Å². The fourth-order valence-electron chi connectivity index (χ4n) is 5.29. The van der Waals surface area contributed by atoms with Crippen LogP contribution >= 0.6 is 21.7 Å². The first kappa shape index (κ1) is 30.1. The molecular weight excluding hydrogens is 594 g/mol. The van der Waals surface area contributed by atoms with E-state index in [9.17, 15) is 0 Å². The molecule has 0 N–H and O–H groups in total. The standard InChI is InChI=1S/C38H30ClN5S/c1-3-5-26(6-4-2)30-19-31(27-7-13-40-14-8-27)22-34(21-30)36-25-37(44-38(43-36)45-39)35-23-32(28-9-15-41-16-10-28)20-33(24-35)29-11-17-42-18-12-29/h3,5-25H,4H2,1-2H3/b5-3-,26-6+. The second-order valence-corrected chi connectivity index (χ2v) is 11.4. The average Bonchev–Trinajstić information content (AvgIpc) is 3.12. The van der Waals surface area contributed by atoms with E-state index in [2.05, 4.69) is 76.5 Å². The zero-order valence-electron chi connectivity index (χ0n) is 24.9. The lowest BCUT2D eigenvalue weighted by Gasteiger charge is -2.14. The molecule has 0 aliphatic heterocycles. The van der Waals surface area contributed by atoms with Crippen LogP contribution in [0.4, 0.5) is 0 Å². The molecule has 0 spiro atoms. The van der Waals surface area contributed by atoms with Crippen LogP contribution in [0.3, 0.4) is 0 Å². The van der Waals surface area contributed by atoms with Crippen molar-refractivity contribution in [3.8, 4) is 55.9 Å². The normalized spacial score (nSPS) is 11.7. The van der Waals surface area contributed by atoms with Crippen LogP contribution in [0.5, 0.6) is 0 Å². The van der Waals surface area contributed by atoms with E-state index < -0.39 is 0 Å². The Balaban J connectivity index is 1.55. The van der Waals surface area contributed by atoms with Gasteiger partial charge in [-0.2, -0.15) is 0 Å². The zero-order chi connectivity index (χ0) is 31.0. The summed E-state index contributed by atoms with van der Waals surface area (Å²) in [6, 6.07) is 27.2. The maximum absolute atomic E-state index is 6.34. The van der Waals surface area contributed by atoms with Gasteiger partial charge in [0.2, 0.25) is 5.16 Å². The molecule has 0 amide bonds. The number of nitrogens with zero attached hydrogens (tertiary/aromatic N) is 5. The molecule has 0 saturated heterocycles. The number of halogens is 1. The van der Waals surface area contributed by atoms with Gasteiger partial charge in [0.1, 0.15) is 0 Å². The quantitative estimate of drug-likeness (QED) is 0.118. The molecule has 0 radical (unpaired) electrons. The molecule has 0 atom stereocenters. The molecular formula is C38H30ClN5S. The monoisotopic (exact) mass is 623 g/mol. The van der Waals surface area contributed by atoms with Gasteiger partial charge in [0.05, 0.1) is 11.4 Å². The van der Waals surface area contributed by atoms with Crippen molar-refractivity contribution in [1.29, 1.82) is 0 Å². The number of rotatable bonds is 9. The maximum atomic E-state index is 6.34. The summed E-state index contributed by atoms with van der Waals surface area (Å²) in [6.07, 6.45) is 18.2. The Bertz CT molecular complexity index is 1920. The summed E-state index contributed by atoms with van der Waals surface area (Å²) < 4.78 is 0. The van der Waals surface area contributed by atoms with Gasteiger partial charge in [0.15, 0.2) is 0 Å². The van der Waals surface area contributed by atoms with Crippen LogP contribution in [0, 0.1) is 0 Å². The van der Waals surface area contributed by atoms with Crippen molar-refractivity contribution >= 4 is 27.2 Å². The van der Waals surface area contributed by atoms with Crippen molar-refractivity contribution in [2.45, 2.75) is 25.4 Å². The molecule has 4 heterocycles. The van der Waals surface area contributed by atoms with Gasteiger partial charge in [-0.25, -0.2) is 9.97 Å². The van der Waals surface area contributed by atoms with Crippen LogP contribution in [-0.4, -0.2) is 24.9 Å². The van der Waals surface area contributed by atoms with E-state index in [-0.39, 0.29) is 0 Å². The number of benzene rings is 2. The van der Waals surface area contributed by atoms with Gasteiger partial charge in [-0.3, -0.25) is 15.0 Å². The lowest BCUT2D eigenvalue weighted by Crippen LogP contribution is -1.96. The van der Waals surface area contributed by atoms with Crippen LogP contribution in [0.15, 0.2) is 139 Å². The highest BCUT2D eigenvalue weighted by molar-refractivity contribution is 8.21. The van der Waals surface area contributed by atoms with Crippen molar-refractivity contribution < 1.29 is 0 Å². The largest absolute Gasteiger partial charge is 0.265 e. The fourth-order valence-corrected chi connectivity index (χ4v) is 5.76. The van der Waals surface area contributed by atoms with E-state index in [1.807, 2.05) is 86.6 Å². The Morgan fingerprint density at radius 2 is 1.02 bits per heavy atom. The molecule has 45 heavy (non-hydrogen) atoms. The van der Waals surface area contributed by atoms with Crippen molar-refractivity contribution in [2.75, 3.05) is 0 Å².